The zero-order valence-corrected chi connectivity index (χ0v) is 15.7. The molecule has 138 valence electrons. The first-order valence-corrected chi connectivity index (χ1v) is 7.96. The van der Waals surface area contributed by atoms with E-state index in [1.54, 1.807) is 6.20 Å². The Labute approximate surface area is 160 Å². The van der Waals surface area contributed by atoms with Crippen LogP contribution in [0.15, 0.2) is 36.7 Å². The lowest BCUT2D eigenvalue weighted by molar-refractivity contribution is -0.118. The number of ether oxygens (including phenoxy) is 1. The van der Waals surface area contributed by atoms with Gasteiger partial charge < -0.3 is 19.9 Å². The van der Waals surface area contributed by atoms with Crippen molar-refractivity contribution in [3.8, 4) is 5.75 Å². The average molecular weight is 387 g/mol. The number of benzene rings is 1. The molecule has 25 heavy (non-hydrogen) atoms. The molecule has 6 nitrogen and oxygen atoms in total. The van der Waals surface area contributed by atoms with Crippen LogP contribution in [0.25, 0.3) is 0 Å². The molecule has 2 heterocycles. The van der Waals surface area contributed by atoms with E-state index >= 15 is 0 Å². The first kappa shape index (κ1) is 21.3. The first-order valence-electron chi connectivity index (χ1n) is 7.96. The number of hydrogen-bond acceptors (Lipinski definition) is 4. The Bertz CT molecular complexity index is 655. The summed E-state index contributed by atoms with van der Waals surface area (Å²) >= 11 is 0. The number of amides is 1. The predicted octanol–water partition coefficient (Wildman–Crippen LogP) is 2.92. The molecule has 1 fully saturated rings. The van der Waals surface area contributed by atoms with Crippen LogP contribution in [0.2, 0.25) is 0 Å². The molecule has 1 aliphatic heterocycles. The van der Waals surface area contributed by atoms with Gasteiger partial charge in [0, 0.05) is 25.1 Å². The van der Waals surface area contributed by atoms with Crippen LogP contribution in [-0.4, -0.2) is 28.0 Å². The Hall–Kier alpha value is -1.76. The lowest BCUT2D eigenvalue weighted by Crippen LogP contribution is -2.43. The SMILES string of the molecule is Cl.Cl.Cn1ccnc1COc1ccc(NC(=O)[C@H]2CCCCN2)cc1. The van der Waals surface area contributed by atoms with Gasteiger partial charge in [0.25, 0.3) is 0 Å². The maximum Gasteiger partial charge on any atom is 0.241 e. The fourth-order valence-electron chi connectivity index (χ4n) is 2.62. The summed E-state index contributed by atoms with van der Waals surface area (Å²) in [4.78, 5) is 16.4. The molecule has 1 amide bonds. The third-order valence-electron chi connectivity index (χ3n) is 4.04. The molecule has 0 aliphatic carbocycles. The summed E-state index contributed by atoms with van der Waals surface area (Å²) in [5, 5.41) is 6.19. The molecule has 0 unspecified atom stereocenters. The molecule has 2 N–H and O–H groups in total. The highest BCUT2D eigenvalue weighted by molar-refractivity contribution is 5.94. The van der Waals surface area contributed by atoms with Gasteiger partial charge in [0.15, 0.2) is 0 Å². The van der Waals surface area contributed by atoms with Gasteiger partial charge in [-0.05, 0) is 43.7 Å². The minimum Gasteiger partial charge on any atom is -0.486 e. The van der Waals surface area contributed by atoms with Gasteiger partial charge >= 0.3 is 0 Å². The normalized spacial score (nSPS) is 16.3. The quantitative estimate of drug-likeness (QED) is 0.828. The summed E-state index contributed by atoms with van der Waals surface area (Å²) in [7, 11) is 1.93. The van der Waals surface area contributed by atoms with E-state index in [0.29, 0.717) is 6.61 Å². The number of aryl methyl sites for hydroxylation is 1. The van der Waals surface area contributed by atoms with Crippen LogP contribution in [-0.2, 0) is 18.4 Å². The number of hydrogen-bond donors (Lipinski definition) is 2. The lowest BCUT2D eigenvalue weighted by atomic mass is 10.0. The minimum atomic E-state index is -0.0805. The fraction of sp³-hybridized carbons (Fsp3) is 0.412. The summed E-state index contributed by atoms with van der Waals surface area (Å²) in [5.74, 6) is 1.65. The van der Waals surface area contributed by atoms with E-state index in [-0.39, 0.29) is 36.8 Å². The van der Waals surface area contributed by atoms with Crippen molar-refractivity contribution in [2.45, 2.75) is 31.9 Å². The van der Waals surface area contributed by atoms with E-state index in [4.69, 9.17) is 4.74 Å². The van der Waals surface area contributed by atoms with Crippen molar-refractivity contribution in [2.24, 2.45) is 7.05 Å². The first-order chi connectivity index (χ1) is 11.2. The molecule has 8 heteroatoms. The summed E-state index contributed by atoms with van der Waals surface area (Å²) in [5.41, 5.74) is 0.784. The van der Waals surface area contributed by atoms with E-state index in [9.17, 15) is 4.79 Å². The standard InChI is InChI=1S/C17H22N4O2.2ClH/c1-21-11-10-19-16(21)12-23-14-7-5-13(6-8-14)20-17(22)15-4-2-3-9-18-15;;/h5-8,10-11,15,18H,2-4,9,12H2,1H3,(H,20,22);2*1H/t15-;;/m1../s1. The van der Waals surface area contributed by atoms with Crippen molar-refractivity contribution in [1.29, 1.82) is 0 Å². The van der Waals surface area contributed by atoms with Gasteiger partial charge in [0.2, 0.25) is 5.91 Å². The predicted molar refractivity (Wildman–Crippen MR) is 103 cm³/mol. The summed E-state index contributed by atoms with van der Waals surface area (Å²) in [6, 6.07) is 7.34. The molecule has 1 aromatic heterocycles. The van der Waals surface area contributed by atoms with Crippen LogP contribution in [0, 0.1) is 0 Å². The average Bonchev–Trinajstić information content (AvgIpc) is 3.00. The van der Waals surface area contributed by atoms with E-state index in [1.165, 1.54) is 0 Å². The lowest BCUT2D eigenvalue weighted by Gasteiger charge is -2.22. The number of rotatable bonds is 5. The highest BCUT2D eigenvalue weighted by Crippen LogP contribution is 2.18. The molecular weight excluding hydrogens is 363 g/mol. The number of anilines is 1. The molecule has 3 rings (SSSR count). The van der Waals surface area contributed by atoms with Crippen molar-refractivity contribution in [3.63, 3.8) is 0 Å². The molecule has 1 atom stereocenters. The van der Waals surface area contributed by atoms with Crippen molar-refractivity contribution in [2.75, 3.05) is 11.9 Å². The molecule has 0 radical (unpaired) electrons. The van der Waals surface area contributed by atoms with Crippen molar-refractivity contribution in [3.05, 3.63) is 42.5 Å². The van der Waals surface area contributed by atoms with E-state index in [0.717, 1.165) is 43.1 Å². The Morgan fingerprint density at radius 1 is 1.32 bits per heavy atom. The van der Waals surface area contributed by atoms with Gasteiger partial charge in [-0.3, -0.25) is 4.79 Å². The third-order valence-corrected chi connectivity index (χ3v) is 4.04. The number of aromatic nitrogens is 2. The molecule has 1 aromatic carbocycles. The monoisotopic (exact) mass is 386 g/mol. The van der Waals surface area contributed by atoms with Crippen LogP contribution < -0.4 is 15.4 Å². The van der Waals surface area contributed by atoms with Gasteiger partial charge in [0.1, 0.15) is 18.2 Å². The highest BCUT2D eigenvalue weighted by atomic mass is 35.5. The van der Waals surface area contributed by atoms with E-state index in [2.05, 4.69) is 15.6 Å². The molecular formula is C17H24Cl2N4O2. The second-order valence-electron chi connectivity index (χ2n) is 5.76. The second-order valence-corrected chi connectivity index (χ2v) is 5.76. The van der Waals surface area contributed by atoms with Gasteiger partial charge in [-0.25, -0.2) is 4.98 Å². The molecule has 1 aliphatic rings. The summed E-state index contributed by atoms with van der Waals surface area (Å²) in [6.07, 6.45) is 6.78. The molecule has 0 bridgehead atoms. The smallest absolute Gasteiger partial charge is 0.241 e. The largest absolute Gasteiger partial charge is 0.486 e. The summed E-state index contributed by atoms with van der Waals surface area (Å²) < 4.78 is 7.62. The van der Waals surface area contributed by atoms with Crippen molar-refractivity contribution >= 4 is 36.4 Å². The van der Waals surface area contributed by atoms with Gasteiger partial charge in [-0.1, -0.05) is 6.42 Å². The Balaban J connectivity index is 0.00000156. The maximum absolute atomic E-state index is 12.2. The number of imidazole rings is 1. The van der Waals surface area contributed by atoms with Crippen molar-refractivity contribution < 1.29 is 9.53 Å². The second kappa shape index (κ2) is 10.3. The highest BCUT2D eigenvalue weighted by Gasteiger charge is 2.20. The fourth-order valence-corrected chi connectivity index (χ4v) is 2.62. The van der Waals surface area contributed by atoms with E-state index in [1.807, 2.05) is 42.1 Å². The molecule has 1 saturated heterocycles. The maximum atomic E-state index is 12.2. The van der Waals surface area contributed by atoms with Gasteiger partial charge in [-0.2, -0.15) is 0 Å². The zero-order valence-electron chi connectivity index (χ0n) is 14.1. The van der Waals surface area contributed by atoms with E-state index < -0.39 is 0 Å². The zero-order chi connectivity index (χ0) is 16.1. The van der Waals surface area contributed by atoms with Gasteiger partial charge in [-0.15, -0.1) is 24.8 Å². The van der Waals surface area contributed by atoms with Crippen LogP contribution in [0.1, 0.15) is 25.1 Å². The Morgan fingerprint density at radius 3 is 2.68 bits per heavy atom. The number of nitrogens with zero attached hydrogens (tertiary/aromatic N) is 2. The Morgan fingerprint density at radius 2 is 2.08 bits per heavy atom. The van der Waals surface area contributed by atoms with Crippen LogP contribution in [0.3, 0.4) is 0 Å². The van der Waals surface area contributed by atoms with Crippen LogP contribution in [0.5, 0.6) is 5.75 Å². The van der Waals surface area contributed by atoms with Crippen LogP contribution >= 0.6 is 24.8 Å². The molecule has 2 aromatic rings. The van der Waals surface area contributed by atoms with Crippen molar-refractivity contribution in [1.82, 2.24) is 14.9 Å². The number of carbonyl (C=O) groups excluding carboxylic acids is 1. The number of piperidine rings is 1. The van der Waals surface area contributed by atoms with Crippen LogP contribution in [0.4, 0.5) is 5.69 Å². The Kier molecular flexibility index (Phi) is 8.75. The third kappa shape index (κ3) is 5.92. The number of halogens is 2. The number of nitrogens with one attached hydrogen (secondary N) is 2. The van der Waals surface area contributed by atoms with Gasteiger partial charge in [0.05, 0.1) is 6.04 Å². The topological polar surface area (TPSA) is 68.2 Å². The molecule has 0 spiro atoms. The summed E-state index contributed by atoms with van der Waals surface area (Å²) in [6.45, 7) is 1.33. The molecule has 0 saturated carbocycles. The number of carbonyl (C=O) groups is 1. The minimum absolute atomic E-state index is 0.